The summed E-state index contributed by atoms with van der Waals surface area (Å²) in [6, 6.07) is 4.48. The average molecular weight is 240 g/mol. The molecule has 16 heavy (non-hydrogen) atoms. The number of nitrogens with one attached hydrogen (secondary N) is 1. The molecule has 1 rings (SSSR count). The van der Waals surface area contributed by atoms with E-state index in [4.69, 9.17) is 18.0 Å². The maximum absolute atomic E-state index is 13.2. The maximum Gasteiger partial charge on any atom is 0.234 e. The second-order valence-electron chi connectivity index (χ2n) is 3.58. The molecule has 5 heteroatoms. The molecule has 0 aliphatic heterocycles. The molecule has 0 aliphatic carbocycles. The first-order valence-corrected chi connectivity index (χ1v) is 5.19. The van der Waals surface area contributed by atoms with Gasteiger partial charge in [-0.05, 0) is 31.5 Å². The fourth-order valence-corrected chi connectivity index (χ4v) is 1.16. The minimum absolute atomic E-state index is 0.116. The Labute approximate surface area is 98.8 Å². The van der Waals surface area contributed by atoms with Gasteiger partial charge in [-0.1, -0.05) is 18.3 Å². The third-order valence-corrected chi connectivity index (χ3v) is 2.61. The van der Waals surface area contributed by atoms with Crippen LogP contribution in [0.4, 0.5) is 10.1 Å². The Morgan fingerprint density at radius 1 is 1.56 bits per heavy atom. The van der Waals surface area contributed by atoms with Crippen molar-refractivity contribution in [3.8, 4) is 0 Å². The van der Waals surface area contributed by atoms with Gasteiger partial charge in [-0.2, -0.15) is 0 Å². The van der Waals surface area contributed by atoms with Crippen LogP contribution >= 0.6 is 12.2 Å². The molecule has 0 heterocycles. The van der Waals surface area contributed by atoms with Crippen molar-refractivity contribution in [2.45, 2.75) is 13.8 Å². The van der Waals surface area contributed by atoms with Crippen molar-refractivity contribution in [3.63, 3.8) is 0 Å². The van der Waals surface area contributed by atoms with Crippen LogP contribution in [0.2, 0.25) is 0 Å². The molecule has 0 spiro atoms. The van der Waals surface area contributed by atoms with E-state index in [9.17, 15) is 9.18 Å². The van der Waals surface area contributed by atoms with Crippen molar-refractivity contribution in [3.05, 3.63) is 29.6 Å². The summed E-state index contributed by atoms with van der Waals surface area (Å²) in [4.78, 5) is 11.7. The van der Waals surface area contributed by atoms with Gasteiger partial charge in [-0.15, -0.1) is 0 Å². The number of thiocarbonyl (C=S) groups is 1. The number of halogens is 1. The summed E-state index contributed by atoms with van der Waals surface area (Å²) in [5, 5.41) is 2.54. The van der Waals surface area contributed by atoms with Crippen molar-refractivity contribution >= 4 is 28.8 Å². The molecular formula is C11H13FN2OS. The molecule has 0 aromatic heterocycles. The predicted octanol–water partition coefficient (Wildman–Crippen LogP) is 1.99. The number of nitrogens with two attached hydrogens (primary N) is 1. The zero-order chi connectivity index (χ0) is 12.3. The van der Waals surface area contributed by atoms with Crippen LogP contribution in [-0.4, -0.2) is 10.9 Å². The normalized spacial score (nSPS) is 11.9. The lowest BCUT2D eigenvalue weighted by Crippen LogP contribution is -2.30. The molecular weight excluding hydrogens is 227 g/mol. The Morgan fingerprint density at radius 3 is 2.69 bits per heavy atom. The van der Waals surface area contributed by atoms with Crippen molar-refractivity contribution < 1.29 is 9.18 Å². The predicted molar refractivity (Wildman–Crippen MR) is 65.7 cm³/mol. The number of aryl methyl sites for hydroxylation is 1. The number of carbonyl (C=O) groups excluding carboxylic acids is 1. The summed E-state index contributed by atoms with van der Waals surface area (Å²) in [7, 11) is 0. The van der Waals surface area contributed by atoms with E-state index >= 15 is 0 Å². The van der Waals surface area contributed by atoms with Crippen LogP contribution < -0.4 is 11.1 Å². The maximum atomic E-state index is 13.2. The molecule has 0 fully saturated rings. The summed E-state index contributed by atoms with van der Waals surface area (Å²) in [5.41, 5.74) is 6.27. The summed E-state index contributed by atoms with van der Waals surface area (Å²) < 4.78 is 13.2. The average Bonchev–Trinajstić information content (AvgIpc) is 2.22. The Bertz CT molecular complexity index is 434. The van der Waals surface area contributed by atoms with Gasteiger partial charge in [0.05, 0.1) is 10.9 Å². The Balaban J connectivity index is 2.77. The number of benzene rings is 1. The third-order valence-electron chi connectivity index (χ3n) is 2.26. The molecule has 86 valence electrons. The van der Waals surface area contributed by atoms with Crippen LogP contribution in [0.5, 0.6) is 0 Å². The van der Waals surface area contributed by atoms with Crippen LogP contribution in [0.25, 0.3) is 0 Å². The highest BCUT2D eigenvalue weighted by Crippen LogP contribution is 2.14. The van der Waals surface area contributed by atoms with Gasteiger partial charge in [0.15, 0.2) is 0 Å². The fraction of sp³-hybridized carbons (Fsp3) is 0.273. The van der Waals surface area contributed by atoms with Crippen LogP contribution in [-0.2, 0) is 4.79 Å². The third kappa shape index (κ3) is 3.00. The minimum Gasteiger partial charge on any atom is -0.393 e. The van der Waals surface area contributed by atoms with Gasteiger partial charge in [0.1, 0.15) is 5.82 Å². The number of hydrogen-bond donors (Lipinski definition) is 2. The number of hydrogen-bond acceptors (Lipinski definition) is 2. The van der Waals surface area contributed by atoms with Gasteiger partial charge in [-0.3, -0.25) is 4.79 Å². The molecule has 1 aromatic rings. The lowest BCUT2D eigenvalue weighted by molar-refractivity contribution is -0.117. The summed E-state index contributed by atoms with van der Waals surface area (Å²) in [5.74, 6) is -1.27. The van der Waals surface area contributed by atoms with E-state index in [-0.39, 0.29) is 16.7 Å². The number of amides is 1. The summed E-state index contributed by atoms with van der Waals surface area (Å²) in [6.45, 7) is 3.25. The first-order chi connectivity index (χ1) is 7.41. The second-order valence-corrected chi connectivity index (χ2v) is 4.05. The first kappa shape index (κ1) is 12.6. The van der Waals surface area contributed by atoms with E-state index in [0.29, 0.717) is 11.3 Å². The Kier molecular flexibility index (Phi) is 3.95. The van der Waals surface area contributed by atoms with Crippen molar-refractivity contribution in [1.82, 2.24) is 0 Å². The van der Waals surface area contributed by atoms with Crippen LogP contribution in [0.1, 0.15) is 12.5 Å². The molecule has 3 nitrogen and oxygen atoms in total. The number of carbonyl (C=O) groups is 1. The van der Waals surface area contributed by atoms with Gasteiger partial charge in [0.25, 0.3) is 0 Å². The smallest absolute Gasteiger partial charge is 0.234 e. The van der Waals surface area contributed by atoms with Crippen molar-refractivity contribution in [2.24, 2.45) is 11.7 Å². The molecule has 1 aromatic carbocycles. The van der Waals surface area contributed by atoms with Crippen LogP contribution in [0.15, 0.2) is 18.2 Å². The van der Waals surface area contributed by atoms with E-state index < -0.39 is 5.92 Å². The van der Waals surface area contributed by atoms with Crippen LogP contribution in [0.3, 0.4) is 0 Å². The van der Waals surface area contributed by atoms with Gasteiger partial charge in [-0.25, -0.2) is 4.39 Å². The fourth-order valence-electron chi connectivity index (χ4n) is 1.05. The largest absolute Gasteiger partial charge is 0.393 e. The van der Waals surface area contributed by atoms with E-state index in [2.05, 4.69) is 5.32 Å². The lowest BCUT2D eigenvalue weighted by Gasteiger charge is -2.10. The molecule has 1 atom stereocenters. The molecule has 0 radical (unpaired) electrons. The number of anilines is 1. The first-order valence-electron chi connectivity index (χ1n) is 4.78. The highest BCUT2D eigenvalue weighted by atomic mass is 32.1. The van der Waals surface area contributed by atoms with Gasteiger partial charge in [0, 0.05) is 5.69 Å². The lowest BCUT2D eigenvalue weighted by atomic mass is 10.1. The SMILES string of the molecule is Cc1ccc(NC(=O)C(C)C(N)=S)cc1F. The molecule has 1 unspecified atom stereocenters. The van der Waals surface area contributed by atoms with E-state index in [1.807, 2.05) is 0 Å². The quantitative estimate of drug-likeness (QED) is 0.794. The van der Waals surface area contributed by atoms with Crippen molar-refractivity contribution in [1.29, 1.82) is 0 Å². The Morgan fingerprint density at radius 2 is 2.19 bits per heavy atom. The Hall–Kier alpha value is -1.49. The highest BCUT2D eigenvalue weighted by molar-refractivity contribution is 7.80. The molecule has 0 aliphatic rings. The second kappa shape index (κ2) is 5.03. The van der Waals surface area contributed by atoms with Gasteiger partial charge >= 0.3 is 0 Å². The monoisotopic (exact) mass is 240 g/mol. The zero-order valence-corrected chi connectivity index (χ0v) is 9.90. The molecule has 1 amide bonds. The summed E-state index contributed by atoms with van der Waals surface area (Å²) in [6.07, 6.45) is 0. The van der Waals surface area contributed by atoms with E-state index in [1.54, 1.807) is 26.0 Å². The molecule has 3 N–H and O–H groups in total. The minimum atomic E-state index is -0.570. The molecule has 0 bridgehead atoms. The van der Waals surface area contributed by atoms with E-state index in [1.165, 1.54) is 6.07 Å². The van der Waals surface area contributed by atoms with E-state index in [0.717, 1.165) is 0 Å². The van der Waals surface area contributed by atoms with Crippen molar-refractivity contribution in [2.75, 3.05) is 5.32 Å². The van der Waals surface area contributed by atoms with Crippen LogP contribution in [0, 0.1) is 18.7 Å². The number of rotatable bonds is 3. The highest BCUT2D eigenvalue weighted by Gasteiger charge is 2.15. The molecule has 0 saturated heterocycles. The molecule has 0 saturated carbocycles. The topological polar surface area (TPSA) is 55.1 Å². The standard InChI is InChI=1S/C11H13FN2OS/c1-6-3-4-8(5-9(6)12)14-11(15)7(2)10(13)16/h3-5,7H,1-2H3,(H2,13,16)(H,14,15). The summed E-state index contributed by atoms with van der Waals surface area (Å²) >= 11 is 4.70. The van der Waals surface area contributed by atoms with Gasteiger partial charge < -0.3 is 11.1 Å². The zero-order valence-electron chi connectivity index (χ0n) is 9.08. The van der Waals surface area contributed by atoms with Gasteiger partial charge in [0.2, 0.25) is 5.91 Å².